The molecule has 7 heavy (non-hydrogen) atoms. The summed E-state index contributed by atoms with van der Waals surface area (Å²) in [6.45, 7) is 1.71. The van der Waals surface area contributed by atoms with E-state index in [0.717, 1.165) is 0 Å². The monoisotopic (exact) mass is 94.0 g/mol. The zero-order valence-corrected chi connectivity index (χ0v) is 3.88. The van der Waals surface area contributed by atoms with E-state index in [1.165, 1.54) is 0 Å². The average molecular weight is 93.9 g/mol. The summed E-state index contributed by atoms with van der Waals surface area (Å²) in [6, 6.07) is 0. The Kier molecular flexibility index (Phi) is 0.853. The molecule has 3 nitrogen and oxygen atoms in total. The number of hydrogen-bond acceptors (Lipinski definition) is 3. The van der Waals surface area contributed by atoms with Gasteiger partial charge in [0, 0.05) is 0 Å². The molecule has 0 N–H and O–H groups in total. The first-order valence-corrected chi connectivity index (χ1v) is 1.85. The summed E-state index contributed by atoms with van der Waals surface area (Å²) in [7, 11) is 5.04. The second kappa shape index (κ2) is 1.37. The van der Waals surface area contributed by atoms with Crippen molar-refractivity contribution in [3.63, 3.8) is 0 Å². The van der Waals surface area contributed by atoms with E-state index in [4.69, 9.17) is 7.85 Å². The summed E-state index contributed by atoms with van der Waals surface area (Å²) >= 11 is 0. The van der Waals surface area contributed by atoms with E-state index in [1.54, 1.807) is 6.92 Å². The Morgan fingerprint density at radius 2 is 2.43 bits per heavy atom. The first kappa shape index (κ1) is 4.37. The van der Waals surface area contributed by atoms with Crippen molar-refractivity contribution in [3.05, 3.63) is 5.82 Å². The standard InChI is InChI=1S/C3H3BN2O/c1-2-5-3(4)7-6-2/h1H3. The van der Waals surface area contributed by atoms with Gasteiger partial charge in [0.15, 0.2) is 11.6 Å². The van der Waals surface area contributed by atoms with Crippen LogP contribution in [-0.4, -0.2) is 18.0 Å². The van der Waals surface area contributed by atoms with E-state index >= 15 is 0 Å². The fourth-order valence-electron chi connectivity index (χ4n) is 0.313. The van der Waals surface area contributed by atoms with Gasteiger partial charge in [-0.15, -0.1) is 0 Å². The highest BCUT2D eigenvalue weighted by atomic mass is 16.5. The molecule has 0 bridgehead atoms. The summed E-state index contributed by atoms with van der Waals surface area (Å²) in [4.78, 5) is 3.61. The van der Waals surface area contributed by atoms with E-state index in [0.29, 0.717) is 5.82 Å². The third-order valence-corrected chi connectivity index (χ3v) is 0.543. The predicted octanol–water partition coefficient (Wildman–Crippen LogP) is -0.828. The van der Waals surface area contributed by atoms with Crippen molar-refractivity contribution in [1.82, 2.24) is 10.1 Å². The number of rotatable bonds is 0. The van der Waals surface area contributed by atoms with Gasteiger partial charge in [-0.1, -0.05) is 5.16 Å². The first-order valence-electron chi connectivity index (χ1n) is 1.85. The lowest BCUT2D eigenvalue weighted by molar-refractivity contribution is 0.440. The maximum atomic E-state index is 5.04. The summed E-state index contributed by atoms with van der Waals surface area (Å²) in [5.41, 5.74) is 0. The van der Waals surface area contributed by atoms with Crippen LogP contribution in [0.2, 0.25) is 0 Å². The highest BCUT2D eigenvalue weighted by Crippen LogP contribution is 1.75. The van der Waals surface area contributed by atoms with Crippen molar-refractivity contribution in [1.29, 1.82) is 0 Å². The molecule has 0 aliphatic rings. The molecular weight excluding hydrogens is 90.9 g/mol. The Hall–Kier alpha value is -0.795. The molecule has 0 fully saturated rings. The molecule has 1 rings (SSSR count). The van der Waals surface area contributed by atoms with E-state index in [-0.39, 0.29) is 5.79 Å². The number of nitrogens with zero attached hydrogens (tertiary/aromatic N) is 2. The number of aromatic nitrogens is 2. The van der Waals surface area contributed by atoms with Crippen molar-refractivity contribution in [2.45, 2.75) is 6.92 Å². The molecule has 1 aromatic rings. The summed E-state index contributed by atoms with van der Waals surface area (Å²) in [5.74, 6) is 0.690. The second-order valence-electron chi connectivity index (χ2n) is 1.18. The molecule has 0 atom stereocenters. The van der Waals surface area contributed by atoms with Gasteiger partial charge in [0.2, 0.25) is 7.85 Å². The van der Waals surface area contributed by atoms with Crippen molar-refractivity contribution in [3.8, 4) is 0 Å². The molecule has 0 spiro atoms. The molecule has 0 unspecified atom stereocenters. The Bertz CT molecular complexity index is 145. The van der Waals surface area contributed by atoms with Gasteiger partial charge in [-0.05, 0) is 6.92 Å². The van der Waals surface area contributed by atoms with Crippen molar-refractivity contribution < 1.29 is 4.52 Å². The highest BCUT2D eigenvalue weighted by molar-refractivity contribution is 6.28. The Labute approximate surface area is 42.1 Å². The molecule has 0 saturated heterocycles. The number of hydrogen-bond donors (Lipinski definition) is 0. The van der Waals surface area contributed by atoms with E-state index in [1.807, 2.05) is 0 Å². The van der Waals surface area contributed by atoms with Crippen molar-refractivity contribution >= 4 is 13.6 Å². The van der Waals surface area contributed by atoms with E-state index < -0.39 is 0 Å². The lowest BCUT2D eigenvalue weighted by atomic mass is 10.2. The fourth-order valence-corrected chi connectivity index (χ4v) is 0.313. The van der Waals surface area contributed by atoms with E-state index in [9.17, 15) is 0 Å². The first-order chi connectivity index (χ1) is 3.29. The molecule has 0 saturated carbocycles. The molecular formula is C3H3BN2O. The van der Waals surface area contributed by atoms with Crippen LogP contribution >= 0.6 is 0 Å². The van der Waals surface area contributed by atoms with Crippen LogP contribution in [0, 0.1) is 6.92 Å². The molecule has 2 radical (unpaired) electrons. The van der Waals surface area contributed by atoms with Crippen molar-refractivity contribution in [2.24, 2.45) is 0 Å². The minimum atomic E-state index is 0.123. The summed E-state index contributed by atoms with van der Waals surface area (Å²) in [5, 5.41) is 3.41. The van der Waals surface area contributed by atoms with Crippen LogP contribution in [0.15, 0.2) is 4.52 Å². The van der Waals surface area contributed by atoms with Gasteiger partial charge in [0.1, 0.15) is 0 Å². The Balaban J connectivity index is 3.04. The zero-order valence-electron chi connectivity index (χ0n) is 3.88. The van der Waals surface area contributed by atoms with Crippen LogP contribution in [0.1, 0.15) is 5.82 Å². The van der Waals surface area contributed by atoms with Crippen LogP contribution in [0.5, 0.6) is 0 Å². The van der Waals surface area contributed by atoms with Crippen LogP contribution in [0.4, 0.5) is 0 Å². The largest absolute Gasteiger partial charge is 0.352 e. The number of aryl methyl sites for hydroxylation is 1. The maximum Gasteiger partial charge on any atom is 0.201 e. The fraction of sp³-hybridized carbons (Fsp3) is 0.333. The van der Waals surface area contributed by atoms with Crippen LogP contribution in [0.25, 0.3) is 0 Å². The minimum absolute atomic E-state index is 0.123. The molecule has 0 aliphatic carbocycles. The topological polar surface area (TPSA) is 38.9 Å². The van der Waals surface area contributed by atoms with Gasteiger partial charge in [0.25, 0.3) is 0 Å². The van der Waals surface area contributed by atoms with Crippen LogP contribution in [0.3, 0.4) is 0 Å². The van der Waals surface area contributed by atoms with Gasteiger partial charge in [0.05, 0.1) is 0 Å². The molecule has 0 aliphatic heterocycles. The van der Waals surface area contributed by atoms with Gasteiger partial charge in [-0.25, -0.2) is 4.98 Å². The maximum absolute atomic E-state index is 5.04. The molecule has 1 aromatic heterocycles. The molecule has 4 heteroatoms. The normalized spacial score (nSPS) is 9.29. The second-order valence-corrected chi connectivity index (χ2v) is 1.18. The summed E-state index contributed by atoms with van der Waals surface area (Å²) in [6.07, 6.45) is 0. The smallest absolute Gasteiger partial charge is 0.201 e. The molecule has 0 aromatic carbocycles. The van der Waals surface area contributed by atoms with Gasteiger partial charge in [-0.3, -0.25) is 0 Å². The van der Waals surface area contributed by atoms with Crippen LogP contribution < -0.4 is 5.79 Å². The molecule has 0 amide bonds. The molecule has 1 heterocycles. The van der Waals surface area contributed by atoms with Crippen LogP contribution in [-0.2, 0) is 0 Å². The minimum Gasteiger partial charge on any atom is -0.352 e. The van der Waals surface area contributed by atoms with Crippen molar-refractivity contribution in [2.75, 3.05) is 0 Å². The van der Waals surface area contributed by atoms with E-state index in [2.05, 4.69) is 14.7 Å². The Morgan fingerprint density at radius 3 is 2.57 bits per heavy atom. The zero-order chi connectivity index (χ0) is 5.28. The van der Waals surface area contributed by atoms with Gasteiger partial charge in [-0.2, -0.15) is 0 Å². The van der Waals surface area contributed by atoms with Gasteiger partial charge >= 0.3 is 0 Å². The third-order valence-electron chi connectivity index (χ3n) is 0.543. The molecule has 34 valence electrons. The highest BCUT2D eigenvalue weighted by Gasteiger charge is 1.89. The SMILES string of the molecule is [B]c1nc(C)no1. The lowest BCUT2D eigenvalue weighted by Gasteiger charge is -1.65. The summed E-state index contributed by atoms with van der Waals surface area (Å²) < 4.78 is 4.38. The third kappa shape index (κ3) is 0.794. The Morgan fingerprint density at radius 1 is 1.71 bits per heavy atom. The quantitative estimate of drug-likeness (QED) is 0.394. The van der Waals surface area contributed by atoms with Gasteiger partial charge < -0.3 is 4.52 Å². The average Bonchev–Trinajstić information content (AvgIpc) is 1.87. The predicted molar refractivity (Wildman–Crippen MR) is 24.4 cm³/mol. The lowest BCUT2D eigenvalue weighted by Crippen LogP contribution is -2.00.